The van der Waals surface area contributed by atoms with E-state index in [9.17, 15) is 25.2 Å². The van der Waals surface area contributed by atoms with Gasteiger partial charge in [0, 0.05) is 31.1 Å². The molecular weight excluding hydrogens is 460 g/mol. The summed E-state index contributed by atoms with van der Waals surface area (Å²) >= 11 is 1.48. The zero-order valence-corrected chi connectivity index (χ0v) is 19.7. The lowest BCUT2D eigenvalue weighted by Gasteiger charge is -2.44. The molecule has 2 fully saturated rings. The van der Waals surface area contributed by atoms with Crippen molar-refractivity contribution in [3.05, 3.63) is 40.8 Å². The number of nitrogens with zero attached hydrogens (tertiary/aromatic N) is 4. The summed E-state index contributed by atoms with van der Waals surface area (Å²) in [7, 11) is 2.09. The molecule has 4 heterocycles. The summed E-state index contributed by atoms with van der Waals surface area (Å²) in [5.41, 5.74) is 2.11. The highest BCUT2D eigenvalue weighted by Gasteiger charge is 2.50. The van der Waals surface area contributed by atoms with Crippen molar-refractivity contribution in [1.82, 2.24) is 9.80 Å². The largest absolute Gasteiger partial charge is 0.479 e. The van der Waals surface area contributed by atoms with Gasteiger partial charge in [-0.3, -0.25) is 0 Å². The maximum absolute atomic E-state index is 11.8. The minimum Gasteiger partial charge on any atom is -0.479 e. The van der Waals surface area contributed by atoms with Crippen LogP contribution in [0.15, 0.2) is 35.3 Å². The minimum absolute atomic E-state index is 0.617. The molecule has 3 aliphatic heterocycles. The van der Waals surface area contributed by atoms with Gasteiger partial charge in [0.05, 0.1) is 16.9 Å². The molecule has 0 radical (unpaired) electrons. The van der Waals surface area contributed by atoms with Crippen molar-refractivity contribution >= 4 is 39.5 Å². The van der Waals surface area contributed by atoms with Gasteiger partial charge in [-0.25, -0.2) is 9.79 Å². The fourth-order valence-electron chi connectivity index (χ4n) is 4.68. The molecule has 11 heteroatoms. The zero-order valence-electron chi connectivity index (χ0n) is 18.9. The van der Waals surface area contributed by atoms with E-state index in [2.05, 4.69) is 16.8 Å². The first kappa shape index (κ1) is 23.2. The molecule has 0 saturated carbocycles. The van der Waals surface area contributed by atoms with E-state index in [0.29, 0.717) is 11.4 Å². The van der Waals surface area contributed by atoms with E-state index >= 15 is 0 Å². The zero-order chi connectivity index (χ0) is 24.1. The van der Waals surface area contributed by atoms with Gasteiger partial charge >= 0.3 is 5.97 Å². The van der Waals surface area contributed by atoms with E-state index in [1.54, 1.807) is 4.90 Å². The summed E-state index contributed by atoms with van der Waals surface area (Å²) in [6, 6.07) is 9.41. The average molecular weight is 489 g/mol. The first-order valence-corrected chi connectivity index (χ1v) is 12.0. The number of piperazine rings is 1. The molecule has 5 atom stereocenters. The van der Waals surface area contributed by atoms with Crippen LogP contribution in [0.1, 0.15) is 10.4 Å². The lowest BCUT2D eigenvalue weighted by atomic mass is 9.97. The molecule has 0 unspecified atom stereocenters. The maximum Gasteiger partial charge on any atom is 0.335 e. The van der Waals surface area contributed by atoms with E-state index < -0.39 is 36.6 Å². The Labute approximate surface area is 200 Å². The van der Waals surface area contributed by atoms with Crippen molar-refractivity contribution < 1.29 is 30.0 Å². The number of likely N-dealkylation sites (N-methyl/N-ethyl adjacent to an activating group) is 1. The summed E-state index contributed by atoms with van der Waals surface area (Å²) in [5.74, 6) is -0.605. The Kier molecular flexibility index (Phi) is 6.09. The number of aliphatic hydroxyl groups excluding tert-OH is 3. The quantitative estimate of drug-likeness (QED) is 0.483. The number of amidine groups is 1. The number of para-hydroxylation sites is 2. The van der Waals surface area contributed by atoms with Crippen molar-refractivity contribution in [2.75, 3.05) is 38.1 Å². The SMILES string of the molecule is Cc1cc2c(s1)N([C@@H]1O[C@H](C(=O)O)[C@@H](O)[C@H](O)[C@H]1O)c1ccccc1N=C2N1CCN(C)CC1. The molecule has 10 nitrogen and oxygen atoms in total. The number of carboxylic acids is 1. The molecule has 0 spiro atoms. The molecule has 1 aromatic carbocycles. The van der Waals surface area contributed by atoms with Gasteiger partial charge in [-0.05, 0) is 32.2 Å². The molecule has 0 aliphatic carbocycles. The van der Waals surface area contributed by atoms with Crippen LogP contribution in [0.2, 0.25) is 0 Å². The highest BCUT2D eigenvalue weighted by atomic mass is 32.1. The molecule has 34 heavy (non-hydrogen) atoms. The van der Waals surface area contributed by atoms with Crippen LogP contribution in [-0.2, 0) is 9.53 Å². The van der Waals surface area contributed by atoms with E-state index in [1.165, 1.54) is 11.3 Å². The normalized spacial score (nSPS) is 29.8. The predicted octanol–water partition coefficient (Wildman–Crippen LogP) is 0.726. The molecule has 5 rings (SSSR count). The Morgan fingerprint density at radius 3 is 2.50 bits per heavy atom. The van der Waals surface area contributed by atoms with Crippen LogP contribution in [0, 0.1) is 6.92 Å². The van der Waals surface area contributed by atoms with Crippen LogP contribution in [0.3, 0.4) is 0 Å². The number of ether oxygens (including phenoxy) is 1. The number of anilines is 2. The van der Waals surface area contributed by atoms with Crippen LogP contribution in [0.5, 0.6) is 0 Å². The van der Waals surface area contributed by atoms with Crippen molar-refractivity contribution in [2.45, 2.75) is 37.6 Å². The van der Waals surface area contributed by atoms with Crippen LogP contribution >= 0.6 is 11.3 Å². The second-order valence-corrected chi connectivity index (χ2v) is 10.2. The van der Waals surface area contributed by atoms with Gasteiger partial charge in [0.15, 0.2) is 12.3 Å². The summed E-state index contributed by atoms with van der Waals surface area (Å²) < 4.78 is 5.76. The number of aliphatic carboxylic acids is 1. The predicted molar refractivity (Wildman–Crippen MR) is 127 cm³/mol. The number of rotatable bonds is 2. The van der Waals surface area contributed by atoms with E-state index in [0.717, 1.165) is 47.5 Å². The number of aliphatic hydroxyl groups is 3. The first-order valence-electron chi connectivity index (χ1n) is 11.2. The van der Waals surface area contributed by atoms with Gasteiger partial charge in [0.25, 0.3) is 0 Å². The molecule has 0 amide bonds. The summed E-state index contributed by atoms with van der Waals surface area (Å²) in [6.07, 6.45) is -7.95. The molecule has 0 bridgehead atoms. The van der Waals surface area contributed by atoms with E-state index in [4.69, 9.17) is 9.73 Å². The Hall–Kier alpha value is -2.54. The van der Waals surface area contributed by atoms with Crippen molar-refractivity contribution in [3.63, 3.8) is 0 Å². The Bertz CT molecular complexity index is 1110. The second kappa shape index (κ2) is 8.91. The number of hydrogen-bond donors (Lipinski definition) is 4. The number of thiophene rings is 1. The fraction of sp³-hybridized carbons (Fsp3) is 0.478. The minimum atomic E-state index is -1.76. The third-order valence-electron chi connectivity index (χ3n) is 6.55. The van der Waals surface area contributed by atoms with Gasteiger partial charge in [-0.2, -0.15) is 0 Å². The van der Waals surface area contributed by atoms with Crippen LogP contribution in [-0.4, -0.2) is 106 Å². The highest BCUT2D eigenvalue weighted by Crippen LogP contribution is 2.47. The number of aliphatic imine (C=N–C) groups is 1. The summed E-state index contributed by atoms with van der Waals surface area (Å²) in [4.78, 5) is 24.0. The summed E-state index contributed by atoms with van der Waals surface area (Å²) in [5, 5.41) is 42.0. The van der Waals surface area contributed by atoms with Crippen LogP contribution in [0.25, 0.3) is 0 Å². The van der Waals surface area contributed by atoms with Gasteiger partial charge in [0.1, 0.15) is 29.1 Å². The molecule has 182 valence electrons. The Balaban J connectivity index is 1.65. The van der Waals surface area contributed by atoms with Gasteiger partial charge in [0.2, 0.25) is 0 Å². The standard InChI is InChI=1S/C23H28N4O6S/c1-12-11-13-20(26-9-7-25(2)8-10-26)24-14-5-3-4-6-15(14)27(22(13)34-12)21-18(30)16(28)17(29)19(33-21)23(31)32/h3-6,11,16-19,21,28-30H,7-10H2,1-2H3,(H,31,32)/t16-,17-,18+,19-,21+/m0/s1. The fourth-order valence-corrected chi connectivity index (χ4v) is 5.72. The number of hydrogen-bond acceptors (Lipinski definition) is 10. The molecule has 3 aliphatic rings. The number of benzene rings is 1. The Morgan fingerprint density at radius 1 is 1.09 bits per heavy atom. The highest BCUT2D eigenvalue weighted by molar-refractivity contribution is 7.16. The third kappa shape index (κ3) is 3.88. The lowest BCUT2D eigenvalue weighted by Crippen LogP contribution is -2.63. The second-order valence-electron chi connectivity index (χ2n) is 8.92. The van der Waals surface area contributed by atoms with Crippen LogP contribution < -0.4 is 4.90 Å². The number of fused-ring (bicyclic) bond motifs is 2. The monoisotopic (exact) mass is 488 g/mol. The lowest BCUT2D eigenvalue weighted by molar-refractivity contribution is -0.225. The number of carbonyl (C=O) groups is 1. The van der Waals surface area contributed by atoms with Crippen molar-refractivity contribution in [1.29, 1.82) is 0 Å². The molecule has 4 N–H and O–H groups in total. The summed E-state index contributed by atoms with van der Waals surface area (Å²) in [6.45, 7) is 5.39. The van der Waals surface area contributed by atoms with E-state index in [1.807, 2.05) is 37.3 Å². The number of aryl methyl sites for hydroxylation is 1. The smallest absolute Gasteiger partial charge is 0.335 e. The molecular formula is C23H28N4O6S. The van der Waals surface area contributed by atoms with Gasteiger partial charge in [-0.15, -0.1) is 11.3 Å². The first-order chi connectivity index (χ1) is 16.3. The van der Waals surface area contributed by atoms with Gasteiger partial charge < -0.3 is 39.9 Å². The third-order valence-corrected chi connectivity index (χ3v) is 7.60. The van der Waals surface area contributed by atoms with Gasteiger partial charge in [-0.1, -0.05) is 12.1 Å². The van der Waals surface area contributed by atoms with E-state index in [-0.39, 0.29) is 0 Å². The maximum atomic E-state index is 11.8. The molecule has 1 aromatic heterocycles. The van der Waals surface area contributed by atoms with Crippen molar-refractivity contribution in [2.24, 2.45) is 4.99 Å². The molecule has 2 saturated heterocycles. The van der Waals surface area contributed by atoms with Crippen molar-refractivity contribution in [3.8, 4) is 0 Å². The average Bonchev–Trinajstić information content (AvgIpc) is 3.13. The number of carboxylic acid groups (broad SMARTS) is 1. The van der Waals surface area contributed by atoms with Crippen LogP contribution in [0.4, 0.5) is 16.4 Å². The topological polar surface area (TPSA) is 129 Å². The molecule has 2 aromatic rings. The Morgan fingerprint density at radius 2 is 1.79 bits per heavy atom.